The maximum absolute atomic E-state index is 12.2. The van der Waals surface area contributed by atoms with Crippen LogP contribution in [0.25, 0.3) is 0 Å². The van der Waals surface area contributed by atoms with Crippen molar-refractivity contribution in [2.75, 3.05) is 18.8 Å². The number of rotatable bonds is 3. The van der Waals surface area contributed by atoms with E-state index >= 15 is 0 Å². The van der Waals surface area contributed by atoms with Crippen molar-refractivity contribution in [1.82, 2.24) is 5.32 Å². The largest absolute Gasteiger partial charge is 0.396 e. The topological polar surface area (TPSA) is 38.0 Å². The second-order valence-corrected chi connectivity index (χ2v) is 4.27. The SMILES string of the molecule is NCCSC1C=CC(C(F)(F)F)CN1. The summed E-state index contributed by atoms with van der Waals surface area (Å²) in [5.74, 6) is -0.601. The van der Waals surface area contributed by atoms with Gasteiger partial charge in [0.05, 0.1) is 11.3 Å². The summed E-state index contributed by atoms with van der Waals surface area (Å²) in [6, 6.07) is 0. The molecule has 6 heteroatoms. The molecular weight excluding hydrogens is 213 g/mol. The predicted octanol–water partition coefficient (Wildman–Crippen LogP) is 1.34. The first-order valence-corrected chi connectivity index (χ1v) is 5.39. The van der Waals surface area contributed by atoms with Crippen LogP contribution in [0.15, 0.2) is 12.2 Å². The molecule has 1 aliphatic rings. The summed E-state index contributed by atoms with van der Waals surface area (Å²) in [6.07, 6.45) is -1.35. The maximum Gasteiger partial charge on any atom is 0.396 e. The second kappa shape index (κ2) is 5.04. The molecule has 0 aromatic carbocycles. The van der Waals surface area contributed by atoms with E-state index in [9.17, 15) is 13.2 Å². The van der Waals surface area contributed by atoms with Crippen molar-refractivity contribution < 1.29 is 13.2 Å². The van der Waals surface area contributed by atoms with Gasteiger partial charge in [-0.3, -0.25) is 0 Å². The van der Waals surface area contributed by atoms with Crippen molar-refractivity contribution in [3.63, 3.8) is 0 Å². The number of nitrogens with one attached hydrogen (secondary N) is 1. The molecule has 1 heterocycles. The van der Waals surface area contributed by atoms with Gasteiger partial charge in [0.2, 0.25) is 0 Å². The van der Waals surface area contributed by atoms with Gasteiger partial charge in [0.25, 0.3) is 0 Å². The number of hydrogen-bond donors (Lipinski definition) is 2. The average molecular weight is 226 g/mol. The number of hydrogen-bond acceptors (Lipinski definition) is 3. The molecule has 82 valence electrons. The fraction of sp³-hybridized carbons (Fsp3) is 0.750. The first-order valence-electron chi connectivity index (χ1n) is 4.34. The van der Waals surface area contributed by atoms with Crippen LogP contribution in [0, 0.1) is 5.92 Å². The Morgan fingerprint density at radius 3 is 2.57 bits per heavy atom. The maximum atomic E-state index is 12.2. The van der Waals surface area contributed by atoms with E-state index in [-0.39, 0.29) is 11.9 Å². The van der Waals surface area contributed by atoms with Crippen LogP contribution in [0.4, 0.5) is 13.2 Å². The Morgan fingerprint density at radius 1 is 1.43 bits per heavy atom. The van der Waals surface area contributed by atoms with Gasteiger partial charge in [-0.25, -0.2) is 0 Å². The molecule has 0 saturated heterocycles. The lowest BCUT2D eigenvalue weighted by Gasteiger charge is -2.25. The molecule has 2 unspecified atom stereocenters. The number of alkyl halides is 3. The minimum Gasteiger partial charge on any atom is -0.330 e. The van der Waals surface area contributed by atoms with Crippen LogP contribution < -0.4 is 11.1 Å². The average Bonchev–Trinajstić information content (AvgIpc) is 2.14. The Balaban J connectivity index is 2.39. The van der Waals surface area contributed by atoms with Gasteiger partial charge >= 0.3 is 6.18 Å². The highest BCUT2D eigenvalue weighted by Gasteiger charge is 2.39. The van der Waals surface area contributed by atoms with Crippen LogP contribution in [0.2, 0.25) is 0 Å². The van der Waals surface area contributed by atoms with Crippen molar-refractivity contribution in [2.45, 2.75) is 11.6 Å². The summed E-state index contributed by atoms with van der Waals surface area (Å²) in [6.45, 7) is 0.502. The van der Waals surface area contributed by atoms with Gasteiger partial charge in [-0.2, -0.15) is 13.2 Å². The Morgan fingerprint density at radius 2 is 2.14 bits per heavy atom. The van der Waals surface area contributed by atoms with E-state index in [1.165, 1.54) is 17.8 Å². The van der Waals surface area contributed by atoms with E-state index in [4.69, 9.17) is 5.73 Å². The molecule has 0 spiro atoms. The molecule has 0 aromatic rings. The fourth-order valence-corrected chi connectivity index (χ4v) is 1.95. The minimum absolute atomic E-state index is 0.0304. The second-order valence-electron chi connectivity index (χ2n) is 3.02. The molecule has 0 saturated carbocycles. The number of nitrogens with two attached hydrogens (primary N) is 1. The highest BCUT2D eigenvalue weighted by atomic mass is 32.2. The van der Waals surface area contributed by atoms with Crippen molar-refractivity contribution in [2.24, 2.45) is 11.7 Å². The third kappa shape index (κ3) is 3.51. The monoisotopic (exact) mass is 226 g/mol. The van der Waals surface area contributed by atoms with Gasteiger partial charge in [0, 0.05) is 18.8 Å². The van der Waals surface area contributed by atoms with Crippen molar-refractivity contribution >= 4 is 11.8 Å². The zero-order valence-electron chi connectivity index (χ0n) is 7.55. The molecule has 0 amide bonds. The standard InChI is InChI=1S/C8H13F3N2S/c9-8(10,11)6-1-2-7(13-5-6)14-4-3-12/h1-2,6-7,13H,3-5,12H2. The molecule has 0 radical (unpaired) electrons. The van der Waals surface area contributed by atoms with Gasteiger partial charge in [-0.15, -0.1) is 11.8 Å². The van der Waals surface area contributed by atoms with Crippen LogP contribution in [0.1, 0.15) is 0 Å². The molecule has 3 N–H and O–H groups in total. The number of halogens is 3. The summed E-state index contributed by atoms with van der Waals surface area (Å²) < 4.78 is 36.6. The summed E-state index contributed by atoms with van der Waals surface area (Å²) in [4.78, 5) is 0. The van der Waals surface area contributed by atoms with Gasteiger partial charge in [-0.1, -0.05) is 12.2 Å². The van der Waals surface area contributed by atoms with Crippen molar-refractivity contribution in [3.8, 4) is 0 Å². The Bertz CT molecular complexity index is 205. The molecule has 14 heavy (non-hydrogen) atoms. The summed E-state index contributed by atoms with van der Waals surface area (Å²) in [5, 5.41) is 2.78. The van der Waals surface area contributed by atoms with Crippen molar-refractivity contribution in [3.05, 3.63) is 12.2 Å². The van der Waals surface area contributed by atoms with Crippen LogP contribution in [0.5, 0.6) is 0 Å². The fourth-order valence-electron chi connectivity index (χ4n) is 1.15. The first kappa shape index (κ1) is 11.9. The highest BCUT2D eigenvalue weighted by Crippen LogP contribution is 2.29. The molecule has 2 nitrogen and oxygen atoms in total. The highest BCUT2D eigenvalue weighted by molar-refractivity contribution is 8.00. The van der Waals surface area contributed by atoms with Gasteiger partial charge in [-0.05, 0) is 0 Å². The molecule has 0 aliphatic carbocycles. The van der Waals surface area contributed by atoms with Crippen LogP contribution in [0.3, 0.4) is 0 Å². The van der Waals surface area contributed by atoms with Crippen LogP contribution >= 0.6 is 11.8 Å². The molecule has 2 atom stereocenters. The molecule has 0 aromatic heterocycles. The first-order chi connectivity index (χ1) is 6.54. The van der Waals surface area contributed by atoms with E-state index in [0.29, 0.717) is 6.54 Å². The van der Waals surface area contributed by atoms with E-state index in [2.05, 4.69) is 5.32 Å². The third-order valence-corrected chi connectivity index (χ3v) is 3.05. The quantitative estimate of drug-likeness (QED) is 0.713. The number of thioether (sulfide) groups is 1. The zero-order chi connectivity index (χ0) is 10.6. The van der Waals surface area contributed by atoms with E-state index < -0.39 is 12.1 Å². The minimum atomic E-state index is -4.13. The zero-order valence-corrected chi connectivity index (χ0v) is 8.37. The normalized spacial score (nSPS) is 28.0. The van der Waals surface area contributed by atoms with E-state index in [1.807, 2.05) is 0 Å². The van der Waals surface area contributed by atoms with Crippen LogP contribution in [-0.4, -0.2) is 30.4 Å². The van der Waals surface area contributed by atoms with E-state index in [0.717, 1.165) is 5.75 Å². The molecule has 1 aliphatic heterocycles. The van der Waals surface area contributed by atoms with E-state index in [1.54, 1.807) is 6.08 Å². The summed E-state index contributed by atoms with van der Waals surface area (Å²) in [7, 11) is 0. The van der Waals surface area contributed by atoms with Crippen LogP contribution in [-0.2, 0) is 0 Å². The molecule has 0 fully saturated rings. The van der Waals surface area contributed by atoms with Gasteiger partial charge in [0.15, 0.2) is 0 Å². The lowest BCUT2D eigenvalue weighted by Crippen LogP contribution is -2.39. The molecule has 1 rings (SSSR count). The third-order valence-electron chi connectivity index (χ3n) is 1.89. The van der Waals surface area contributed by atoms with Crippen molar-refractivity contribution in [1.29, 1.82) is 0 Å². The predicted molar refractivity (Wildman–Crippen MR) is 52.0 cm³/mol. The lowest BCUT2D eigenvalue weighted by molar-refractivity contribution is -0.160. The Labute approximate surface area is 85.1 Å². The lowest BCUT2D eigenvalue weighted by atomic mass is 10.1. The molecular formula is C8H13F3N2S. The van der Waals surface area contributed by atoms with Gasteiger partial charge in [0.1, 0.15) is 0 Å². The van der Waals surface area contributed by atoms with Gasteiger partial charge < -0.3 is 11.1 Å². The molecule has 0 bridgehead atoms. The smallest absolute Gasteiger partial charge is 0.330 e. The summed E-state index contributed by atoms with van der Waals surface area (Å²) >= 11 is 1.52. The summed E-state index contributed by atoms with van der Waals surface area (Å²) in [5.41, 5.74) is 5.29. The Hall–Kier alpha value is -0.200. The Kier molecular flexibility index (Phi) is 4.28.